The lowest BCUT2D eigenvalue weighted by Crippen LogP contribution is -2.26. The van der Waals surface area contributed by atoms with Crippen LogP contribution in [0, 0.1) is 6.92 Å². The van der Waals surface area contributed by atoms with E-state index in [4.69, 9.17) is 0 Å². The second kappa shape index (κ2) is 6.47. The number of nitrogens with one attached hydrogen (secondary N) is 2. The normalized spacial score (nSPS) is 11.9. The summed E-state index contributed by atoms with van der Waals surface area (Å²) in [4.78, 5) is 12.1. The molecular formula is C14H18N4OS. The minimum Gasteiger partial charge on any atom is -0.360 e. The Bertz CT molecular complexity index is 579. The topological polar surface area (TPSA) is 66.9 Å². The first-order valence-corrected chi connectivity index (χ1v) is 7.36. The minimum atomic E-state index is -0.195. The lowest BCUT2D eigenvalue weighted by molar-refractivity contribution is 0.0939. The summed E-state index contributed by atoms with van der Waals surface area (Å²) in [5, 5.41) is 14.8. The maximum atomic E-state index is 12.1. The molecule has 0 spiro atoms. The highest BCUT2D eigenvalue weighted by atomic mass is 32.1. The van der Waals surface area contributed by atoms with Crippen molar-refractivity contribution in [1.29, 1.82) is 0 Å². The first kappa shape index (κ1) is 14.5. The zero-order chi connectivity index (χ0) is 14.5. The highest BCUT2D eigenvalue weighted by molar-refractivity contribution is 7.17. The molecule has 1 aromatic heterocycles. The first-order chi connectivity index (χ1) is 9.60. The molecule has 2 aromatic rings. The van der Waals surface area contributed by atoms with Gasteiger partial charge in [0.15, 0.2) is 0 Å². The van der Waals surface area contributed by atoms with Gasteiger partial charge in [0.05, 0.1) is 6.04 Å². The summed E-state index contributed by atoms with van der Waals surface area (Å²) in [5.41, 5.74) is 2.27. The molecule has 0 aliphatic carbocycles. The van der Waals surface area contributed by atoms with Gasteiger partial charge in [-0.15, -0.1) is 10.2 Å². The van der Waals surface area contributed by atoms with E-state index in [1.165, 1.54) is 16.9 Å². The van der Waals surface area contributed by atoms with Gasteiger partial charge in [-0.25, -0.2) is 0 Å². The Morgan fingerprint density at radius 3 is 2.65 bits per heavy atom. The molecule has 1 amide bonds. The van der Waals surface area contributed by atoms with Crippen molar-refractivity contribution in [2.75, 3.05) is 11.9 Å². The third-order valence-electron chi connectivity index (χ3n) is 2.87. The molecule has 0 radical (unpaired) electrons. The van der Waals surface area contributed by atoms with Crippen LogP contribution in [-0.2, 0) is 0 Å². The molecule has 1 atom stereocenters. The number of nitrogens with zero attached hydrogens (tertiary/aromatic N) is 2. The van der Waals surface area contributed by atoms with Crippen LogP contribution in [0.1, 0.15) is 40.8 Å². The zero-order valence-corrected chi connectivity index (χ0v) is 12.6. The SMILES string of the molecule is CCNc1nnc(C(=O)NC(C)c2ccc(C)cc2)s1. The number of hydrogen-bond donors (Lipinski definition) is 2. The fourth-order valence-corrected chi connectivity index (χ4v) is 2.45. The van der Waals surface area contributed by atoms with E-state index in [0.29, 0.717) is 10.1 Å². The molecular weight excluding hydrogens is 272 g/mol. The molecule has 1 heterocycles. The van der Waals surface area contributed by atoms with Crippen molar-refractivity contribution in [3.8, 4) is 0 Å². The van der Waals surface area contributed by atoms with Crippen molar-refractivity contribution >= 4 is 22.4 Å². The molecule has 106 valence electrons. The molecule has 1 unspecified atom stereocenters. The highest BCUT2D eigenvalue weighted by Gasteiger charge is 2.15. The molecule has 20 heavy (non-hydrogen) atoms. The van der Waals surface area contributed by atoms with Crippen LogP contribution < -0.4 is 10.6 Å². The van der Waals surface area contributed by atoms with Crippen molar-refractivity contribution in [1.82, 2.24) is 15.5 Å². The van der Waals surface area contributed by atoms with Crippen molar-refractivity contribution < 1.29 is 4.79 Å². The number of benzene rings is 1. The lowest BCUT2D eigenvalue weighted by Gasteiger charge is -2.13. The second-order valence-electron chi connectivity index (χ2n) is 4.55. The van der Waals surface area contributed by atoms with E-state index in [1.54, 1.807) is 0 Å². The Hall–Kier alpha value is -1.95. The Morgan fingerprint density at radius 1 is 1.30 bits per heavy atom. The summed E-state index contributed by atoms with van der Waals surface area (Å²) in [5.74, 6) is -0.195. The minimum absolute atomic E-state index is 0.0606. The van der Waals surface area contributed by atoms with Crippen molar-refractivity contribution in [3.63, 3.8) is 0 Å². The number of aryl methyl sites for hydroxylation is 1. The first-order valence-electron chi connectivity index (χ1n) is 6.55. The number of carbonyl (C=O) groups is 1. The van der Waals surface area contributed by atoms with Crippen LogP contribution in [0.5, 0.6) is 0 Å². The summed E-state index contributed by atoms with van der Waals surface area (Å²) in [7, 11) is 0. The molecule has 6 heteroatoms. The van der Waals surface area contributed by atoms with Crippen LogP contribution in [-0.4, -0.2) is 22.6 Å². The van der Waals surface area contributed by atoms with Crippen molar-refractivity contribution in [2.45, 2.75) is 26.8 Å². The Labute approximate surface area is 122 Å². The lowest BCUT2D eigenvalue weighted by atomic mass is 10.1. The molecule has 0 saturated carbocycles. The van der Waals surface area contributed by atoms with Crippen LogP contribution in [0.3, 0.4) is 0 Å². The van der Waals surface area contributed by atoms with Gasteiger partial charge in [-0.3, -0.25) is 4.79 Å². The van der Waals surface area contributed by atoms with Gasteiger partial charge in [-0.1, -0.05) is 41.2 Å². The maximum Gasteiger partial charge on any atom is 0.282 e. The summed E-state index contributed by atoms with van der Waals surface area (Å²) < 4.78 is 0. The van der Waals surface area contributed by atoms with Crippen molar-refractivity contribution in [2.24, 2.45) is 0 Å². The van der Waals surface area contributed by atoms with Gasteiger partial charge in [-0.2, -0.15) is 0 Å². The Balaban J connectivity index is 2.01. The van der Waals surface area contributed by atoms with E-state index in [-0.39, 0.29) is 11.9 Å². The van der Waals surface area contributed by atoms with E-state index in [2.05, 4.69) is 20.8 Å². The average Bonchev–Trinajstić information content (AvgIpc) is 2.88. The largest absolute Gasteiger partial charge is 0.360 e. The van der Waals surface area contributed by atoms with Crippen LogP contribution >= 0.6 is 11.3 Å². The monoisotopic (exact) mass is 290 g/mol. The van der Waals surface area contributed by atoms with Crippen LogP contribution in [0.4, 0.5) is 5.13 Å². The highest BCUT2D eigenvalue weighted by Crippen LogP contribution is 2.17. The molecule has 1 aromatic carbocycles. The number of amides is 1. The van der Waals surface area contributed by atoms with Gasteiger partial charge in [-0.05, 0) is 26.3 Å². The maximum absolute atomic E-state index is 12.1. The third kappa shape index (κ3) is 3.54. The van der Waals surface area contributed by atoms with Crippen LogP contribution in [0.25, 0.3) is 0 Å². The number of carbonyl (C=O) groups excluding carboxylic acids is 1. The number of aromatic nitrogens is 2. The molecule has 0 saturated heterocycles. The summed E-state index contributed by atoms with van der Waals surface area (Å²) in [6.45, 7) is 6.72. The van der Waals surface area contributed by atoms with Crippen molar-refractivity contribution in [3.05, 3.63) is 40.4 Å². The average molecular weight is 290 g/mol. The van der Waals surface area contributed by atoms with Gasteiger partial charge >= 0.3 is 0 Å². The predicted molar refractivity (Wildman–Crippen MR) is 81.1 cm³/mol. The molecule has 0 aliphatic rings. The van der Waals surface area contributed by atoms with Gasteiger partial charge in [0.2, 0.25) is 10.1 Å². The quantitative estimate of drug-likeness (QED) is 0.888. The summed E-state index contributed by atoms with van der Waals surface area (Å²) >= 11 is 1.26. The van der Waals surface area contributed by atoms with Gasteiger partial charge < -0.3 is 10.6 Å². The molecule has 2 N–H and O–H groups in total. The Kier molecular flexibility index (Phi) is 4.68. The fraction of sp³-hybridized carbons (Fsp3) is 0.357. The van der Waals surface area contributed by atoms with Gasteiger partial charge in [0, 0.05) is 6.54 Å². The summed E-state index contributed by atoms with van der Waals surface area (Å²) in [6.07, 6.45) is 0. The van der Waals surface area contributed by atoms with E-state index in [0.717, 1.165) is 12.1 Å². The summed E-state index contributed by atoms with van der Waals surface area (Å²) in [6, 6.07) is 8.04. The second-order valence-corrected chi connectivity index (χ2v) is 5.53. The standard InChI is InChI=1S/C14H18N4OS/c1-4-15-14-18-17-13(20-14)12(19)16-10(3)11-7-5-9(2)6-8-11/h5-8,10H,4H2,1-3H3,(H,15,18)(H,16,19). The molecule has 0 bridgehead atoms. The van der Waals surface area contributed by atoms with Gasteiger partial charge in [0.25, 0.3) is 5.91 Å². The van der Waals surface area contributed by atoms with Crippen LogP contribution in [0.15, 0.2) is 24.3 Å². The molecule has 0 aliphatic heterocycles. The van der Waals surface area contributed by atoms with E-state index < -0.39 is 0 Å². The number of rotatable bonds is 5. The third-order valence-corrected chi connectivity index (χ3v) is 3.75. The fourth-order valence-electron chi connectivity index (χ4n) is 1.73. The molecule has 2 rings (SSSR count). The zero-order valence-electron chi connectivity index (χ0n) is 11.8. The van der Waals surface area contributed by atoms with Gasteiger partial charge in [0.1, 0.15) is 0 Å². The number of hydrogen-bond acceptors (Lipinski definition) is 5. The molecule has 0 fully saturated rings. The number of anilines is 1. The van der Waals surface area contributed by atoms with E-state index in [1.807, 2.05) is 45.0 Å². The smallest absolute Gasteiger partial charge is 0.282 e. The van der Waals surface area contributed by atoms with E-state index in [9.17, 15) is 4.79 Å². The Morgan fingerprint density at radius 2 is 2.00 bits per heavy atom. The molecule has 5 nitrogen and oxygen atoms in total. The predicted octanol–water partition coefficient (Wildman–Crippen LogP) is 2.77. The van der Waals surface area contributed by atoms with E-state index >= 15 is 0 Å². The van der Waals surface area contributed by atoms with Crippen LogP contribution in [0.2, 0.25) is 0 Å².